The summed E-state index contributed by atoms with van der Waals surface area (Å²) in [6.45, 7) is 1.91. The number of nitrogens with zero attached hydrogens (tertiary/aromatic N) is 1. The van der Waals surface area contributed by atoms with Crippen LogP contribution in [-0.2, 0) is 16.1 Å². The highest BCUT2D eigenvalue weighted by atomic mass is 32.2. The van der Waals surface area contributed by atoms with Gasteiger partial charge in [0.25, 0.3) is 0 Å². The molecule has 1 heterocycles. The summed E-state index contributed by atoms with van der Waals surface area (Å²) in [6.07, 6.45) is 0. The van der Waals surface area contributed by atoms with Gasteiger partial charge < -0.3 is 19.7 Å². The van der Waals surface area contributed by atoms with Crippen LogP contribution < -0.4 is 14.8 Å². The van der Waals surface area contributed by atoms with E-state index in [0.717, 1.165) is 22.6 Å². The highest BCUT2D eigenvalue weighted by Gasteiger charge is 2.40. The average Bonchev–Trinajstić information content (AvgIpc) is 3.18. The van der Waals surface area contributed by atoms with E-state index in [1.165, 1.54) is 6.92 Å². The SMILES string of the molecule is COc1ccc(CNC(=O)[C@@H]2CS[C@H](c3ccc(OC)cc3)N2C(C)=O)cc1. The van der Waals surface area contributed by atoms with E-state index < -0.39 is 6.04 Å². The summed E-state index contributed by atoms with van der Waals surface area (Å²) in [4.78, 5) is 26.7. The Morgan fingerprint density at radius 1 is 1.04 bits per heavy atom. The van der Waals surface area contributed by atoms with E-state index in [0.29, 0.717) is 12.3 Å². The van der Waals surface area contributed by atoms with Crippen LogP contribution in [0.2, 0.25) is 0 Å². The van der Waals surface area contributed by atoms with Crippen molar-refractivity contribution >= 4 is 23.6 Å². The molecular weight excluding hydrogens is 376 g/mol. The fourth-order valence-electron chi connectivity index (χ4n) is 3.17. The summed E-state index contributed by atoms with van der Waals surface area (Å²) in [7, 11) is 3.23. The minimum absolute atomic E-state index is 0.115. The predicted molar refractivity (Wildman–Crippen MR) is 109 cm³/mol. The molecule has 2 atom stereocenters. The molecule has 28 heavy (non-hydrogen) atoms. The molecule has 0 unspecified atom stereocenters. The van der Waals surface area contributed by atoms with Crippen LogP contribution in [0.5, 0.6) is 11.5 Å². The van der Waals surface area contributed by atoms with Crippen molar-refractivity contribution in [1.29, 1.82) is 0 Å². The number of nitrogens with one attached hydrogen (secondary N) is 1. The summed E-state index contributed by atoms with van der Waals surface area (Å²) < 4.78 is 10.3. The zero-order valence-electron chi connectivity index (χ0n) is 16.2. The van der Waals surface area contributed by atoms with Crippen LogP contribution in [0.25, 0.3) is 0 Å². The van der Waals surface area contributed by atoms with Crippen molar-refractivity contribution in [1.82, 2.24) is 10.2 Å². The van der Waals surface area contributed by atoms with Crippen LogP contribution in [0, 0.1) is 0 Å². The first-order valence-corrected chi connectivity index (χ1v) is 10.0. The lowest BCUT2D eigenvalue weighted by Crippen LogP contribution is -2.47. The topological polar surface area (TPSA) is 67.9 Å². The molecule has 3 rings (SSSR count). The molecule has 0 saturated carbocycles. The number of carbonyl (C=O) groups is 2. The van der Waals surface area contributed by atoms with Gasteiger partial charge in [-0.1, -0.05) is 24.3 Å². The summed E-state index contributed by atoms with van der Waals surface area (Å²) in [6, 6.07) is 14.6. The van der Waals surface area contributed by atoms with Crippen LogP contribution in [-0.4, -0.2) is 42.7 Å². The van der Waals surface area contributed by atoms with Crippen molar-refractivity contribution in [3.05, 3.63) is 59.7 Å². The number of hydrogen-bond acceptors (Lipinski definition) is 5. The van der Waals surface area contributed by atoms with Crippen LogP contribution in [0.3, 0.4) is 0 Å². The Labute approximate surface area is 169 Å². The Morgan fingerprint density at radius 3 is 2.14 bits per heavy atom. The molecule has 0 aromatic heterocycles. The highest BCUT2D eigenvalue weighted by Crippen LogP contribution is 2.41. The molecule has 2 amide bonds. The Kier molecular flexibility index (Phi) is 6.46. The van der Waals surface area contributed by atoms with Gasteiger partial charge in [0.05, 0.1) is 14.2 Å². The van der Waals surface area contributed by atoms with E-state index in [4.69, 9.17) is 9.47 Å². The van der Waals surface area contributed by atoms with Gasteiger partial charge in [-0.15, -0.1) is 11.8 Å². The molecule has 0 spiro atoms. The van der Waals surface area contributed by atoms with E-state index in [-0.39, 0.29) is 17.2 Å². The minimum atomic E-state index is -0.493. The zero-order valence-corrected chi connectivity index (χ0v) is 17.0. The van der Waals surface area contributed by atoms with E-state index in [2.05, 4.69) is 5.32 Å². The normalized spacial score (nSPS) is 18.6. The number of carbonyl (C=O) groups excluding carboxylic acids is 2. The maximum absolute atomic E-state index is 12.8. The molecule has 1 aliphatic heterocycles. The molecule has 2 aromatic rings. The smallest absolute Gasteiger partial charge is 0.243 e. The van der Waals surface area contributed by atoms with Crippen molar-refractivity contribution < 1.29 is 19.1 Å². The molecule has 0 radical (unpaired) electrons. The summed E-state index contributed by atoms with van der Waals surface area (Å²) in [5.41, 5.74) is 1.95. The van der Waals surface area contributed by atoms with Crippen LogP contribution in [0.1, 0.15) is 23.4 Å². The Balaban J connectivity index is 1.67. The third-order valence-corrected chi connectivity index (χ3v) is 6.02. The average molecular weight is 401 g/mol. The largest absolute Gasteiger partial charge is 0.497 e. The van der Waals surface area contributed by atoms with Crippen LogP contribution in [0.15, 0.2) is 48.5 Å². The van der Waals surface area contributed by atoms with E-state index in [1.54, 1.807) is 30.9 Å². The zero-order chi connectivity index (χ0) is 20.1. The number of ether oxygens (including phenoxy) is 2. The van der Waals surface area contributed by atoms with E-state index in [9.17, 15) is 9.59 Å². The third kappa shape index (κ3) is 4.42. The number of rotatable bonds is 6. The van der Waals surface area contributed by atoms with E-state index >= 15 is 0 Å². The summed E-state index contributed by atoms with van der Waals surface area (Å²) in [5, 5.41) is 2.77. The quantitative estimate of drug-likeness (QED) is 0.807. The lowest BCUT2D eigenvalue weighted by atomic mass is 10.1. The van der Waals surface area contributed by atoms with E-state index in [1.807, 2.05) is 48.5 Å². The number of hydrogen-bond donors (Lipinski definition) is 1. The van der Waals surface area contributed by atoms with Gasteiger partial charge >= 0.3 is 0 Å². The first kappa shape index (κ1) is 20.1. The monoisotopic (exact) mass is 400 g/mol. The van der Waals surface area contributed by atoms with Gasteiger partial charge in [0.15, 0.2) is 0 Å². The lowest BCUT2D eigenvalue weighted by Gasteiger charge is -2.28. The highest BCUT2D eigenvalue weighted by molar-refractivity contribution is 7.99. The summed E-state index contributed by atoms with van der Waals surface area (Å²) >= 11 is 1.60. The van der Waals surface area contributed by atoms with Gasteiger partial charge in [-0.3, -0.25) is 9.59 Å². The Hall–Kier alpha value is -2.67. The van der Waals surface area contributed by atoms with Gasteiger partial charge in [0.1, 0.15) is 22.9 Å². The van der Waals surface area contributed by atoms with Gasteiger partial charge in [-0.05, 0) is 35.4 Å². The molecule has 1 aliphatic rings. The fourth-order valence-corrected chi connectivity index (χ4v) is 4.65. The summed E-state index contributed by atoms with van der Waals surface area (Å²) in [5.74, 6) is 1.83. The van der Waals surface area contributed by atoms with Crippen molar-refractivity contribution in [3.63, 3.8) is 0 Å². The molecule has 0 aliphatic carbocycles. The molecule has 0 bridgehead atoms. The molecule has 7 heteroatoms. The second kappa shape index (κ2) is 9.01. The van der Waals surface area contributed by atoms with Crippen molar-refractivity contribution in [3.8, 4) is 11.5 Å². The number of methoxy groups -OCH3 is 2. The molecular formula is C21H24N2O4S. The van der Waals surface area contributed by atoms with Crippen LogP contribution in [0.4, 0.5) is 0 Å². The molecule has 148 valence electrons. The van der Waals surface area contributed by atoms with Gasteiger partial charge in [0.2, 0.25) is 11.8 Å². The second-order valence-electron chi connectivity index (χ2n) is 6.47. The van der Waals surface area contributed by atoms with Gasteiger partial charge in [-0.2, -0.15) is 0 Å². The maximum atomic E-state index is 12.8. The molecule has 1 saturated heterocycles. The van der Waals surface area contributed by atoms with Crippen molar-refractivity contribution in [2.24, 2.45) is 0 Å². The predicted octanol–water partition coefficient (Wildman–Crippen LogP) is 2.98. The molecule has 2 aromatic carbocycles. The lowest BCUT2D eigenvalue weighted by molar-refractivity contribution is -0.138. The Bertz CT molecular complexity index is 823. The second-order valence-corrected chi connectivity index (χ2v) is 7.58. The third-order valence-electron chi connectivity index (χ3n) is 4.69. The first-order chi connectivity index (χ1) is 13.5. The van der Waals surface area contributed by atoms with Crippen molar-refractivity contribution in [2.75, 3.05) is 20.0 Å². The number of thioether (sulfide) groups is 1. The maximum Gasteiger partial charge on any atom is 0.243 e. The van der Waals surface area contributed by atoms with Crippen molar-refractivity contribution in [2.45, 2.75) is 24.9 Å². The number of amides is 2. The molecule has 1 fully saturated rings. The standard InChI is InChI=1S/C21H24N2O4S/c1-14(24)23-19(13-28-21(23)16-6-10-18(27-3)11-7-16)20(25)22-12-15-4-8-17(26-2)9-5-15/h4-11,19,21H,12-13H2,1-3H3,(H,22,25)/t19-,21+/m0/s1. The van der Waals surface area contributed by atoms with Gasteiger partial charge in [-0.25, -0.2) is 0 Å². The first-order valence-electron chi connectivity index (χ1n) is 8.98. The molecule has 1 N–H and O–H groups in total. The Morgan fingerprint density at radius 2 is 1.61 bits per heavy atom. The number of benzene rings is 2. The minimum Gasteiger partial charge on any atom is -0.497 e. The van der Waals surface area contributed by atoms with Gasteiger partial charge in [0, 0.05) is 19.2 Å². The fraction of sp³-hybridized carbons (Fsp3) is 0.333. The molecule has 6 nitrogen and oxygen atoms in total. The van der Waals surface area contributed by atoms with Crippen LogP contribution >= 0.6 is 11.8 Å².